The number of benzene rings is 1. The van der Waals surface area contributed by atoms with Crippen molar-refractivity contribution in [1.29, 1.82) is 0 Å². The Morgan fingerprint density at radius 3 is 2.71 bits per heavy atom. The molecule has 0 amide bonds. The lowest BCUT2D eigenvalue weighted by Crippen LogP contribution is -2.27. The fourth-order valence-corrected chi connectivity index (χ4v) is 2.95. The second-order valence-electron chi connectivity index (χ2n) is 4.51. The molecule has 1 aliphatic carbocycles. The molecular weight excluding hydrogens is 243 g/mol. The van der Waals surface area contributed by atoms with Gasteiger partial charge in [-0.05, 0) is 36.5 Å². The lowest BCUT2D eigenvalue weighted by Gasteiger charge is -2.08. The molecule has 2 rings (SSSR count). The van der Waals surface area contributed by atoms with Crippen LogP contribution in [0.3, 0.4) is 0 Å². The smallest absolute Gasteiger partial charge is 0.242 e. The maximum absolute atomic E-state index is 12.8. The van der Waals surface area contributed by atoms with Crippen LogP contribution >= 0.6 is 0 Å². The summed E-state index contributed by atoms with van der Waals surface area (Å²) in [6.07, 6.45) is 1.04. The van der Waals surface area contributed by atoms with Crippen molar-refractivity contribution in [2.75, 3.05) is 12.3 Å². The monoisotopic (exact) mass is 258 g/mol. The predicted molar refractivity (Wildman–Crippen MR) is 63.3 cm³/mol. The summed E-state index contributed by atoms with van der Waals surface area (Å²) in [6, 6.07) is 3.28. The number of hydrogen-bond donors (Lipinski definition) is 2. The van der Waals surface area contributed by atoms with Gasteiger partial charge >= 0.3 is 0 Å². The zero-order valence-electron chi connectivity index (χ0n) is 9.48. The highest BCUT2D eigenvalue weighted by atomic mass is 32.2. The number of nitrogens with two attached hydrogens (primary N) is 1. The van der Waals surface area contributed by atoms with Crippen molar-refractivity contribution in [1.82, 2.24) is 4.72 Å². The van der Waals surface area contributed by atoms with Crippen LogP contribution in [0.2, 0.25) is 0 Å². The molecule has 2 unspecified atom stereocenters. The average molecular weight is 258 g/mol. The van der Waals surface area contributed by atoms with Crippen LogP contribution in [0.25, 0.3) is 0 Å². The maximum Gasteiger partial charge on any atom is 0.242 e. The average Bonchev–Trinajstić information content (AvgIpc) is 2.91. The maximum atomic E-state index is 12.8. The molecule has 0 radical (unpaired) electrons. The molecule has 1 aromatic carbocycles. The lowest BCUT2D eigenvalue weighted by molar-refractivity contribution is 0.574. The highest BCUT2D eigenvalue weighted by Crippen LogP contribution is 2.37. The van der Waals surface area contributed by atoms with Gasteiger partial charge in [0.25, 0.3) is 0 Å². The first kappa shape index (κ1) is 12.3. The van der Waals surface area contributed by atoms with Crippen molar-refractivity contribution in [3.8, 4) is 0 Å². The molecule has 6 heteroatoms. The fourth-order valence-electron chi connectivity index (χ4n) is 1.74. The highest BCUT2D eigenvalue weighted by molar-refractivity contribution is 7.89. The van der Waals surface area contributed by atoms with Crippen molar-refractivity contribution in [3.05, 3.63) is 24.0 Å². The molecule has 4 nitrogen and oxygen atoms in total. The first-order valence-corrected chi connectivity index (χ1v) is 6.93. The van der Waals surface area contributed by atoms with Crippen LogP contribution < -0.4 is 10.5 Å². The van der Waals surface area contributed by atoms with Crippen molar-refractivity contribution in [3.63, 3.8) is 0 Å². The summed E-state index contributed by atoms with van der Waals surface area (Å²) in [6.45, 7) is 2.49. The van der Waals surface area contributed by atoms with Crippen LogP contribution in [-0.4, -0.2) is 15.0 Å². The minimum absolute atomic E-state index is 0.0628. The number of rotatable bonds is 4. The molecule has 17 heavy (non-hydrogen) atoms. The van der Waals surface area contributed by atoms with E-state index >= 15 is 0 Å². The Morgan fingerprint density at radius 1 is 1.53 bits per heavy atom. The molecule has 94 valence electrons. The van der Waals surface area contributed by atoms with E-state index in [0.717, 1.165) is 18.6 Å². The predicted octanol–water partition coefficient (Wildman–Crippen LogP) is 1.34. The van der Waals surface area contributed by atoms with Crippen molar-refractivity contribution >= 4 is 15.7 Å². The molecule has 0 bridgehead atoms. The standard InChI is InChI=1S/C11H15FN2O2S/c1-7-4-8(7)6-14-17(15,16)11-3-2-9(12)5-10(11)13/h2-3,5,7-8,14H,4,6,13H2,1H3. The second kappa shape index (κ2) is 4.27. The normalized spacial score (nSPS) is 23.6. The summed E-state index contributed by atoms with van der Waals surface area (Å²) < 4.78 is 39.1. The van der Waals surface area contributed by atoms with Gasteiger partial charge in [0.1, 0.15) is 10.7 Å². The lowest BCUT2D eigenvalue weighted by atomic mass is 10.3. The zero-order chi connectivity index (χ0) is 12.6. The minimum atomic E-state index is -3.63. The van der Waals surface area contributed by atoms with E-state index in [2.05, 4.69) is 11.6 Å². The van der Waals surface area contributed by atoms with Gasteiger partial charge in [-0.2, -0.15) is 0 Å². The van der Waals surface area contributed by atoms with Crippen LogP contribution in [0.15, 0.2) is 23.1 Å². The third-order valence-electron chi connectivity index (χ3n) is 3.07. The molecule has 1 aromatic rings. The van der Waals surface area contributed by atoms with E-state index in [9.17, 15) is 12.8 Å². The van der Waals surface area contributed by atoms with Gasteiger partial charge < -0.3 is 5.73 Å². The quantitative estimate of drug-likeness (QED) is 0.801. The Bertz CT molecular complexity index is 530. The summed E-state index contributed by atoms with van der Waals surface area (Å²) in [5, 5.41) is 0. The molecule has 1 saturated carbocycles. The van der Waals surface area contributed by atoms with Gasteiger partial charge in [-0.3, -0.25) is 0 Å². The molecule has 0 aliphatic heterocycles. The van der Waals surface area contributed by atoms with E-state index < -0.39 is 15.8 Å². The molecule has 2 atom stereocenters. The van der Waals surface area contributed by atoms with Crippen molar-refractivity contribution < 1.29 is 12.8 Å². The van der Waals surface area contributed by atoms with Gasteiger partial charge in [0.15, 0.2) is 0 Å². The van der Waals surface area contributed by atoms with E-state index in [1.54, 1.807) is 0 Å². The molecule has 0 aromatic heterocycles. The molecule has 0 spiro atoms. The first-order chi connectivity index (χ1) is 7.90. The molecule has 0 saturated heterocycles. The van der Waals surface area contributed by atoms with Gasteiger partial charge in [-0.15, -0.1) is 0 Å². The largest absolute Gasteiger partial charge is 0.398 e. The summed E-state index contributed by atoms with van der Waals surface area (Å²) in [4.78, 5) is -0.0628. The highest BCUT2D eigenvalue weighted by Gasteiger charge is 2.33. The van der Waals surface area contributed by atoms with E-state index in [1.165, 1.54) is 6.07 Å². The second-order valence-corrected chi connectivity index (χ2v) is 6.24. The number of hydrogen-bond acceptors (Lipinski definition) is 3. The third kappa shape index (κ3) is 2.76. The topological polar surface area (TPSA) is 72.2 Å². The Labute approximate surface area is 100 Å². The van der Waals surface area contributed by atoms with Gasteiger partial charge in [0.2, 0.25) is 10.0 Å². The van der Waals surface area contributed by atoms with Crippen LogP contribution in [0.5, 0.6) is 0 Å². The first-order valence-electron chi connectivity index (χ1n) is 5.45. The van der Waals surface area contributed by atoms with Crippen LogP contribution in [0.4, 0.5) is 10.1 Å². The Morgan fingerprint density at radius 2 is 2.18 bits per heavy atom. The number of nitrogen functional groups attached to an aromatic ring is 1. The molecule has 3 N–H and O–H groups in total. The van der Waals surface area contributed by atoms with Gasteiger partial charge in [0.05, 0.1) is 5.69 Å². The minimum Gasteiger partial charge on any atom is -0.398 e. The Hall–Kier alpha value is -1.14. The molecule has 1 aliphatic rings. The van der Waals surface area contributed by atoms with Gasteiger partial charge in [-0.1, -0.05) is 6.92 Å². The number of halogens is 1. The van der Waals surface area contributed by atoms with Gasteiger partial charge in [0, 0.05) is 6.54 Å². The molecule has 1 fully saturated rings. The third-order valence-corrected chi connectivity index (χ3v) is 4.57. The van der Waals surface area contributed by atoms with E-state index in [4.69, 9.17) is 5.73 Å². The zero-order valence-corrected chi connectivity index (χ0v) is 10.3. The van der Waals surface area contributed by atoms with E-state index in [1.807, 2.05) is 0 Å². The Kier molecular flexibility index (Phi) is 3.09. The summed E-state index contributed by atoms with van der Waals surface area (Å²) >= 11 is 0. The fraction of sp³-hybridized carbons (Fsp3) is 0.455. The van der Waals surface area contributed by atoms with Crippen LogP contribution in [0, 0.1) is 17.7 Å². The number of anilines is 1. The SMILES string of the molecule is CC1CC1CNS(=O)(=O)c1ccc(F)cc1N. The van der Waals surface area contributed by atoms with Gasteiger partial charge in [-0.25, -0.2) is 17.5 Å². The van der Waals surface area contributed by atoms with Crippen LogP contribution in [0.1, 0.15) is 13.3 Å². The van der Waals surface area contributed by atoms with E-state index in [0.29, 0.717) is 18.4 Å². The van der Waals surface area contributed by atoms with E-state index in [-0.39, 0.29) is 10.6 Å². The summed E-state index contributed by atoms with van der Waals surface area (Å²) in [5.41, 5.74) is 5.43. The molecule has 0 heterocycles. The van der Waals surface area contributed by atoms with Crippen molar-refractivity contribution in [2.24, 2.45) is 11.8 Å². The van der Waals surface area contributed by atoms with Crippen molar-refractivity contribution in [2.45, 2.75) is 18.2 Å². The number of sulfonamides is 1. The Balaban J connectivity index is 2.13. The number of nitrogens with one attached hydrogen (secondary N) is 1. The summed E-state index contributed by atoms with van der Waals surface area (Å²) in [5.74, 6) is 0.437. The molecular formula is C11H15FN2O2S. The summed E-state index contributed by atoms with van der Waals surface area (Å²) in [7, 11) is -3.63. The van der Waals surface area contributed by atoms with Crippen LogP contribution in [-0.2, 0) is 10.0 Å².